The number of H-pyrrole nitrogens is 1. The first-order chi connectivity index (χ1) is 8.15. The highest BCUT2D eigenvalue weighted by molar-refractivity contribution is 5.71. The van der Waals surface area contributed by atoms with Gasteiger partial charge in [-0.2, -0.15) is 0 Å². The smallest absolute Gasteiger partial charge is 0.200 e. The first kappa shape index (κ1) is 11.5. The molecule has 1 aromatic heterocycles. The van der Waals surface area contributed by atoms with Crippen LogP contribution < -0.4 is 10.1 Å². The van der Waals surface area contributed by atoms with Crippen molar-refractivity contribution >= 4 is 5.95 Å². The molecule has 2 rings (SSSR count). The Kier molecular flexibility index (Phi) is 3.04. The molecule has 2 aromatic rings. The van der Waals surface area contributed by atoms with E-state index in [4.69, 9.17) is 4.74 Å². The zero-order valence-corrected chi connectivity index (χ0v) is 10.6. The lowest BCUT2D eigenvalue weighted by molar-refractivity contribution is 0.416. The number of anilines is 1. The van der Waals surface area contributed by atoms with E-state index in [1.165, 1.54) is 5.56 Å². The van der Waals surface area contributed by atoms with Crippen molar-refractivity contribution in [3.63, 3.8) is 0 Å². The van der Waals surface area contributed by atoms with Crippen molar-refractivity contribution in [3.8, 4) is 17.0 Å². The van der Waals surface area contributed by atoms with Gasteiger partial charge in [0.2, 0.25) is 5.95 Å². The van der Waals surface area contributed by atoms with Gasteiger partial charge in [0.25, 0.3) is 0 Å². The zero-order valence-electron chi connectivity index (χ0n) is 10.6. The lowest BCUT2D eigenvalue weighted by Crippen LogP contribution is -1.91. The minimum atomic E-state index is 0.765. The van der Waals surface area contributed by atoms with Crippen LogP contribution in [0.1, 0.15) is 11.3 Å². The maximum Gasteiger partial charge on any atom is 0.200 e. The third-order valence-electron chi connectivity index (χ3n) is 2.73. The van der Waals surface area contributed by atoms with Gasteiger partial charge in [0.1, 0.15) is 5.75 Å². The van der Waals surface area contributed by atoms with Crippen LogP contribution in [0.2, 0.25) is 0 Å². The molecule has 0 bridgehead atoms. The number of aromatic amines is 1. The fourth-order valence-corrected chi connectivity index (χ4v) is 1.85. The number of hydrogen-bond donors (Lipinski definition) is 2. The SMILES string of the molecule is CNc1nc(-c2cc(C)ccc2OC)c(C)[nH]1. The van der Waals surface area contributed by atoms with E-state index in [0.29, 0.717) is 0 Å². The van der Waals surface area contributed by atoms with E-state index in [-0.39, 0.29) is 0 Å². The summed E-state index contributed by atoms with van der Waals surface area (Å²) in [5, 5.41) is 3.00. The second-order valence-corrected chi connectivity index (χ2v) is 4.01. The molecule has 0 aliphatic carbocycles. The molecule has 1 heterocycles. The first-order valence-corrected chi connectivity index (χ1v) is 5.55. The molecule has 0 saturated carbocycles. The highest BCUT2D eigenvalue weighted by Crippen LogP contribution is 2.32. The molecular weight excluding hydrogens is 214 g/mol. The fraction of sp³-hybridized carbons (Fsp3) is 0.308. The maximum atomic E-state index is 5.38. The van der Waals surface area contributed by atoms with E-state index >= 15 is 0 Å². The largest absolute Gasteiger partial charge is 0.496 e. The zero-order chi connectivity index (χ0) is 12.4. The normalized spacial score (nSPS) is 10.4. The predicted molar refractivity (Wildman–Crippen MR) is 69.6 cm³/mol. The summed E-state index contributed by atoms with van der Waals surface area (Å²) in [6.07, 6.45) is 0. The van der Waals surface area contributed by atoms with E-state index in [2.05, 4.69) is 28.3 Å². The van der Waals surface area contributed by atoms with Crippen molar-refractivity contribution in [1.29, 1.82) is 0 Å². The van der Waals surface area contributed by atoms with E-state index in [0.717, 1.165) is 28.6 Å². The number of imidazole rings is 1. The van der Waals surface area contributed by atoms with Crippen LogP contribution in [0, 0.1) is 13.8 Å². The molecule has 1 aromatic carbocycles. The van der Waals surface area contributed by atoms with Gasteiger partial charge in [-0.3, -0.25) is 0 Å². The molecular formula is C13H17N3O. The highest BCUT2D eigenvalue weighted by atomic mass is 16.5. The summed E-state index contributed by atoms with van der Waals surface area (Å²) in [7, 11) is 3.52. The summed E-state index contributed by atoms with van der Waals surface area (Å²) in [5.74, 6) is 1.61. The van der Waals surface area contributed by atoms with Crippen molar-refractivity contribution in [2.24, 2.45) is 0 Å². The van der Waals surface area contributed by atoms with Crippen LogP contribution in [-0.4, -0.2) is 24.1 Å². The van der Waals surface area contributed by atoms with Crippen LogP contribution in [0.5, 0.6) is 5.75 Å². The van der Waals surface area contributed by atoms with Gasteiger partial charge in [0, 0.05) is 18.3 Å². The monoisotopic (exact) mass is 231 g/mol. The summed E-state index contributed by atoms with van der Waals surface area (Å²) < 4.78 is 5.38. The number of nitrogens with zero attached hydrogens (tertiary/aromatic N) is 1. The number of aryl methyl sites for hydroxylation is 2. The summed E-state index contributed by atoms with van der Waals surface area (Å²) in [5.41, 5.74) is 4.16. The second kappa shape index (κ2) is 4.49. The van der Waals surface area contributed by atoms with Crippen molar-refractivity contribution in [1.82, 2.24) is 9.97 Å². The first-order valence-electron chi connectivity index (χ1n) is 5.55. The Morgan fingerprint density at radius 3 is 2.65 bits per heavy atom. The third kappa shape index (κ3) is 2.11. The Morgan fingerprint density at radius 2 is 2.06 bits per heavy atom. The van der Waals surface area contributed by atoms with E-state index in [9.17, 15) is 0 Å². The molecule has 0 radical (unpaired) electrons. The van der Waals surface area contributed by atoms with Gasteiger partial charge in [0.15, 0.2) is 0 Å². The van der Waals surface area contributed by atoms with Crippen LogP contribution in [0.4, 0.5) is 5.95 Å². The number of benzene rings is 1. The summed E-state index contributed by atoms with van der Waals surface area (Å²) >= 11 is 0. The van der Waals surface area contributed by atoms with Gasteiger partial charge in [-0.05, 0) is 26.0 Å². The quantitative estimate of drug-likeness (QED) is 0.854. The average Bonchev–Trinajstić information content (AvgIpc) is 2.70. The van der Waals surface area contributed by atoms with Crippen molar-refractivity contribution in [2.45, 2.75) is 13.8 Å². The molecule has 17 heavy (non-hydrogen) atoms. The Labute approximate surface area is 101 Å². The maximum absolute atomic E-state index is 5.38. The van der Waals surface area contributed by atoms with Crippen LogP contribution in [-0.2, 0) is 0 Å². The Bertz CT molecular complexity index is 531. The van der Waals surface area contributed by atoms with E-state index in [1.54, 1.807) is 7.11 Å². The predicted octanol–water partition coefficient (Wildman–Crippen LogP) is 2.74. The molecule has 0 unspecified atom stereocenters. The van der Waals surface area contributed by atoms with Gasteiger partial charge < -0.3 is 15.0 Å². The Hall–Kier alpha value is -1.97. The number of ether oxygens (including phenoxy) is 1. The lowest BCUT2D eigenvalue weighted by Gasteiger charge is -2.07. The van der Waals surface area contributed by atoms with Gasteiger partial charge >= 0.3 is 0 Å². The molecule has 90 valence electrons. The number of methoxy groups -OCH3 is 1. The van der Waals surface area contributed by atoms with Crippen molar-refractivity contribution in [2.75, 3.05) is 19.5 Å². The van der Waals surface area contributed by atoms with E-state index < -0.39 is 0 Å². The number of rotatable bonds is 3. The molecule has 0 aliphatic heterocycles. The van der Waals surface area contributed by atoms with Crippen LogP contribution >= 0.6 is 0 Å². The van der Waals surface area contributed by atoms with Crippen LogP contribution in [0.25, 0.3) is 11.3 Å². The molecule has 0 fully saturated rings. The molecule has 2 N–H and O–H groups in total. The minimum absolute atomic E-state index is 0.765. The number of nitrogens with one attached hydrogen (secondary N) is 2. The standard InChI is InChI=1S/C13H17N3O/c1-8-5-6-11(17-4)10(7-8)12-9(2)15-13(14-3)16-12/h5-7H,1-4H3,(H2,14,15,16). The molecule has 0 amide bonds. The van der Waals surface area contributed by atoms with E-state index in [1.807, 2.05) is 26.1 Å². The van der Waals surface area contributed by atoms with Gasteiger partial charge in [0.05, 0.1) is 12.8 Å². The molecule has 4 heteroatoms. The lowest BCUT2D eigenvalue weighted by atomic mass is 10.1. The van der Waals surface area contributed by atoms with Gasteiger partial charge in [-0.25, -0.2) is 4.98 Å². The van der Waals surface area contributed by atoms with Gasteiger partial charge in [-0.1, -0.05) is 11.6 Å². The third-order valence-corrected chi connectivity index (χ3v) is 2.73. The Balaban J connectivity index is 2.58. The van der Waals surface area contributed by atoms with Gasteiger partial charge in [-0.15, -0.1) is 0 Å². The molecule has 0 aliphatic rings. The molecule has 0 spiro atoms. The summed E-state index contributed by atoms with van der Waals surface area (Å²) in [6.45, 7) is 4.06. The summed E-state index contributed by atoms with van der Waals surface area (Å²) in [6, 6.07) is 6.09. The highest BCUT2D eigenvalue weighted by Gasteiger charge is 2.13. The number of aromatic nitrogens is 2. The van der Waals surface area contributed by atoms with Crippen molar-refractivity contribution in [3.05, 3.63) is 29.5 Å². The average molecular weight is 231 g/mol. The Morgan fingerprint density at radius 1 is 1.29 bits per heavy atom. The van der Waals surface area contributed by atoms with Crippen LogP contribution in [0.15, 0.2) is 18.2 Å². The topological polar surface area (TPSA) is 49.9 Å². The number of hydrogen-bond acceptors (Lipinski definition) is 3. The summed E-state index contributed by atoms with van der Waals surface area (Å²) in [4.78, 5) is 7.69. The molecule has 0 atom stereocenters. The minimum Gasteiger partial charge on any atom is -0.496 e. The molecule has 0 saturated heterocycles. The fourth-order valence-electron chi connectivity index (χ4n) is 1.85. The van der Waals surface area contributed by atoms with Crippen LogP contribution in [0.3, 0.4) is 0 Å². The van der Waals surface area contributed by atoms with Crippen molar-refractivity contribution < 1.29 is 4.74 Å². The second-order valence-electron chi connectivity index (χ2n) is 4.01. The molecule has 4 nitrogen and oxygen atoms in total.